The summed E-state index contributed by atoms with van der Waals surface area (Å²) in [6, 6.07) is 19.6. The van der Waals surface area contributed by atoms with Gasteiger partial charge in [0.1, 0.15) is 11.1 Å². The minimum atomic E-state index is -0.733. The van der Waals surface area contributed by atoms with Crippen LogP contribution >= 0.6 is 23.4 Å². The summed E-state index contributed by atoms with van der Waals surface area (Å²) in [5.41, 5.74) is 1.39. The highest BCUT2D eigenvalue weighted by Gasteiger charge is 2.25. The number of nitrogens with zero attached hydrogens (tertiary/aromatic N) is 2. The second kappa shape index (κ2) is 10.8. The molecule has 0 saturated carbocycles. The molecule has 4 rings (SSSR count). The van der Waals surface area contributed by atoms with E-state index in [9.17, 15) is 14.0 Å². The van der Waals surface area contributed by atoms with E-state index in [1.165, 1.54) is 28.8 Å². The number of amides is 1. The minimum absolute atomic E-state index is 0.244. The summed E-state index contributed by atoms with van der Waals surface area (Å²) >= 11 is 7.29. The quantitative estimate of drug-likeness (QED) is 0.264. The van der Waals surface area contributed by atoms with Crippen LogP contribution in [0.5, 0.6) is 0 Å². The van der Waals surface area contributed by atoms with Gasteiger partial charge in [-0.05, 0) is 48.0 Å². The van der Waals surface area contributed by atoms with E-state index in [2.05, 4.69) is 10.3 Å². The average Bonchev–Trinajstić information content (AvgIpc) is 2.84. The maximum absolute atomic E-state index is 13.3. The fourth-order valence-corrected chi connectivity index (χ4v) is 4.68. The zero-order valence-corrected chi connectivity index (χ0v) is 19.8. The number of carbonyl (C=O) groups is 1. The summed E-state index contributed by atoms with van der Waals surface area (Å²) in [6.07, 6.45) is 0. The molecule has 1 aromatic heterocycles. The molecule has 9 heteroatoms. The van der Waals surface area contributed by atoms with Crippen LogP contribution in [0.3, 0.4) is 0 Å². The Morgan fingerprint density at radius 2 is 1.88 bits per heavy atom. The number of nitrogens with one attached hydrogen (secondary N) is 1. The number of rotatable bonds is 8. The molecule has 0 saturated heterocycles. The number of benzene rings is 3. The molecule has 0 spiro atoms. The van der Waals surface area contributed by atoms with Gasteiger partial charge in [0.15, 0.2) is 5.16 Å². The first-order chi connectivity index (χ1) is 16.5. The van der Waals surface area contributed by atoms with Crippen LogP contribution in [0.25, 0.3) is 10.9 Å². The lowest BCUT2D eigenvalue weighted by atomic mass is 10.1. The zero-order chi connectivity index (χ0) is 24.1. The summed E-state index contributed by atoms with van der Waals surface area (Å²) in [6.45, 7) is 0.566. The van der Waals surface area contributed by atoms with Gasteiger partial charge in [-0.15, -0.1) is 0 Å². The third kappa shape index (κ3) is 5.47. The van der Waals surface area contributed by atoms with Crippen LogP contribution in [0.15, 0.2) is 82.7 Å². The standard InChI is InChI=1S/C25H21ClFN3O3S/c1-33-14-13-30-24(32)20-12-7-17(26)15-21(20)29-25(30)34-22(16-5-3-2-4-6-16)23(31)28-19-10-8-18(27)9-11-19/h2-12,15,22H,13-14H2,1H3,(H,28,31). The van der Waals surface area contributed by atoms with Crippen molar-refractivity contribution in [3.63, 3.8) is 0 Å². The van der Waals surface area contributed by atoms with E-state index in [-0.39, 0.29) is 18.0 Å². The lowest BCUT2D eigenvalue weighted by Crippen LogP contribution is -2.27. The molecule has 1 heterocycles. The largest absolute Gasteiger partial charge is 0.383 e. The van der Waals surface area contributed by atoms with Gasteiger partial charge in [-0.1, -0.05) is 53.7 Å². The Labute approximate surface area is 204 Å². The van der Waals surface area contributed by atoms with E-state index >= 15 is 0 Å². The number of aromatic nitrogens is 2. The summed E-state index contributed by atoms with van der Waals surface area (Å²) in [7, 11) is 1.55. The first-order valence-corrected chi connectivity index (χ1v) is 11.7. The van der Waals surface area contributed by atoms with E-state index in [0.29, 0.717) is 33.4 Å². The first kappa shape index (κ1) is 23.9. The molecule has 3 aromatic carbocycles. The molecule has 0 aliphatic rings. The van der Waals surface area contributed by atoms with Gasteiger partial charge in [0.2, 0.25) is 5.91 Å². The van der Waals surface area contributed by atoms with Crippen LogP contribution in [-0.4, -0.2) is 29.2 Å². The number of anilines is 1. The van der Waals surface area contributed by atoms with E-state index in [1.807, 2.05) is 30.3 Å². The van der Waals surface area contributed by atoms with Crippen molar-refractivity contribution < 1.29 is 13.9 Å². The third-order valence-corrected chi connectivity index (χ3v) is 6.56. The van der Waals surface area contributed by atoms with Gasteiger partial charge >= 0.3 is 0 Å². The number of thioether (sulfide) groups is 1. The van der Waals surface area contributed by atoms with Crippen molar-refractivity contribution in [1.29, 1.82) is 0 Å². The topological polar surface area (TPSA) is 73.2 Å². The maximum Gasteiger partial charge on any atom is 0.262 e. The van der Waals surface area contributed by atoms with Crippen molar-refractivity contribution in [3.05, 3.63) is 99.6 Å². The molecule has 1 N–H and O–H groups in total. The number of hydrogen-bond donors (Lipinski definition) is 1. The smallest absolute Gasteiger partial charge is 0.262 e. The fraction of sp³-hybridized carbons (Fsp3) is 0.160. The van der Waals surface area contributed by atoms with Crippen molar-refractivity contribution in [1.82, 2.24) is 9.55 Å². The van der Waals surface area contributed by atoms with Crippen molar-refractivity contribution in [2.75, 3.05) is 19.0 Å². The monoisotopic (exact) mass is 497 g/mol. The van der Waals surface area contributed by atoms with Gasteiger partial charge in [0.05, 0.1) is 24.1 Å². The highest BCUT2D eigenvalue weighted by Crippen LogP contribution is 2.35. The molecular formula is C25H21ClFN3O3S. The summed E-state index contributed by atoms with van der Waals surface area (Å²) in [5.74, 6) is -0.727. The molecule has 0 aliphatic carbocycles. The third-order valence-electron chi connectivity index (χ3n) is 5.08. The van der Waals surface area contributed by atoms with Gasteiger partial charge in [0, 0.05) is 17.8 Å². The Morgan fingerprint density at radius 1 is 1.15 bits per heavy atom. The van der Waals surface area contributed by atoms with E-state index in [1.54, 1.807) is 25.3 Å². The maximum atomic E-state index is 13.3. The predicted molar refractivity (Wildman–Crippen MR) is 133 cm³/mol. The number of carbonyl (C=O) groups excluding carboxylic acids is 1. The van der Waals surface area contributed by atoms with Gasteiger partial charge in [0.25, 0.3) is 5.56 Å². The fourth-order valence-electron chi connectivity index (χ4n) is 3.39. The molecular weight excluding hydrogens is 477 g/mol. The molecule has 0 aliphatic heterocycles. The van der Waals surface area contributed by atoms with Gasteiger partial charge < -0.3 is 10.1 Å². The van der Waals surface area contributed by atoms with Crippen LogP contribution in [0, 0.1) is 5.82 Å². The summed E-state index contributed by atoms with van der Waals surface area (Å²) < 4.78 is 20.0. The zero-order valence-electron chi connectivity index (χ0n) is 18.2. The molecule has 0 radical (unpaired) electrons. The number of hydrogen-bond acceptors (Lipinski definition) is 5. The number of methoxy groups -OCH3 is 1. The number of fused-ring (bicyclic) bond motifs is 1. The van der Waals surface area contributed by atoms with Crippen molar-refractivity contribution >= 4 is 45.9 Å². The highest BCUT2D eigenvalue weighted by atomic mass is 35.5. The van der Waals surface area contributed by atoms with Crippen LogP contribution < -0.4 is 10.9 Å². The lowest BCUT2D eigenvalue weighted by Gasteiger charge is -2.19. The Balaban J connectivity index is 1.77. The predicted octanol–water partition coefficient (Wildman–Crippen LogP) is 5.31. The van der Waals surface area contributed by atoms with Crippen LogP contribution in [0.1, 0.15) is 10.8 Å². The lowest BCUT2D eigenvalue weighted by molar-refractivity contribution is -0.115. The highest BCUT2D eigenvalue weighted by molar-refractivity contribution is 8.00. The SMILES string of the molecule is COCCn1c(SC(C(=O)Nc2ccc(F)cc2)c2ccccc2)nc2cc(Cl)ccc2c1=O. The molecule has 0 fully saturated rings. The molecule has 1 amide bonds. The van der Waals surface area contributed by atoms with Gasteiger partial charge in [-0.25, -0.2) is 9.37 Å². The molecule has 34 heavy (non-hydrogen) atoms. The average molecular weight is 498 g/mol. The van der Waals surface area contributed by atoms with Crippen LogP contribution in [0.2, 0.25) is 5.02 Å². The van der Waals surface area contributed by atoms with Crippen LogP contribution in [-0.2, 0) is 16.1 Å². The Morgan fingerprint density at radius 3 is 2.59 bits per heavy atom. The molecule has 174 valence electrons. The second-order valence-corrected chi connectivity index (χ2v) is 8.92. The Hall–Kier alpha value is -3.20. The van der Waals surface area contributed by atoms with Crippen molar-refractivity contribution in [2.24, 2.45) is 0 Å². The van der Waals surface area contributed by atoms with E-state index < -0.39 is 11.1 Å². The molecule has 4 aromatic rings. The molecule has 0 bridgehead atoms. The normalized spacial score (nSPS) is 12.0. The van der Waals surface area contributed by atoms with E-state index in [4.69, 9.17) is 16.3 Å². The summed E-state index contributed by atoms with van der Waals surface area (Å²) in [5, 5.41) is 3.34. The molecule has 6 nitrogen and oxygen atoms in total. The van der Waals surface area contributed by atoms with Crippen molar-refractivity contribution in [3.8, 4) is 0 Å². The van der Waals surface area contributed by atoms with Crippen molar-refractivity contribution in [2.45, 2.75) is 17.0 Å². The van der Waals surface area contributed by atoms with E-state index in [0.717, 1.165) is 17.3 Å². The number of halogens is 2. The Kier molecular flexibility index (Phi) is 7.62. The first-order valence-electron chi connectivity index (χ1n) is 10.4. The number of ether oxygens (including phenoxy) is 1. The second-order valence-electron chi connectivity index (χ2n) is 7.41. The molecule has 1 atom stereocenters. The molecule has 1 unspecified atom stereocenters. The Bertz CT molecular complexity index is 1360. The van der Waals surface area contributed by atoms with Gasteiger partial charge in [-0.2, -0.15) is 0 Å². The summed E-state index contributed by atoms with van der Waals surface area (Å²) in [4.78, 5) is 31.3. The van der Waals surface area contributed by atoms with Gasteiger partial charge in [-0.3, -0.25) is 14.2 Å². The minimum Gasteiger partial charge on any atom is -0.383 e. The van der Waals surface area contributed by atoms with Crippen LogP contribution in [0.4, 0.5) is 10.1 Å².